The van der Waals surface area contributed by atoms with Gasteiger partial charge in [0.2, 0.25) is 0 Å². The van der Waals surface area contributed by atoms with Gasteiger partial charge in [0.1, 0.15) is 23.5 Å². The van der Waals surface area contributed by atoms with E-state index in [4.69, 9.17) is 4.74 Å². The molecule has 2 fully saturated rings. The number of urea groups is 1. The minimum atomic E-state index is -0.684. The molecule has 2 saturated heterocycles. The first kappa shape index (κ1) is 19.5. The summed E-state index contributed by atoms with van der Waals surface area (Å²) in [6, 6.07) is 2.34. The SMILES string of the molecule is O=C1N/C(=N\CC2CCCO2)C(c2cc(F)cc(F)c2)N1CCCn1ccnc1. The van der Waals surface area contributed by atoms with Gasteiger partial charge in [0.05, 0.1) is 19.0 Å². The lowest BCUT2D eigenvalue weighted by molar-refractivity contribution is 0.117. The van der Waals surface area contributed by atoms with E-state index in [2.05, 4.69) is 15.3 Å². The molecule has 2 unspecified atom stereocenters. The maximum Gasteiger partial charge on any atom is 0.323 e. The van der Waals surface area contributed by atoms with Gasteiger partial charge >= 0.3 is 6.03 Å². The Morgan fingerprint density at radius 1 is 1.24 bits per heavy atom. The van der Waals surface area contributed by atoms with E-state index >= 15 is 0 Å². The molecular formula is C20H23F2N5O2. The molecule has 0 bridgehead atoms. The van der Waals surface area contributed by atoms with Gasteiger partial charge in [-0.05, 0) is 37.0 Å². The molecule has 2 amide bonds. The summed E-state index contributed by atoms with van der Waals surface area (Å²) in [5.74, 6) is -0.967. The number of nitrogens with zero attached hydrogens (tertiary/aromatic N) is 4. The average molecular weight is 403 g/mol. The number of amides is 2. The van der Waals surface area contributed by atoms with Gasteiger partial charge < -0.3 is 14.2 Å². The molecule has 1 N–H and O–H groups in total. The van der Waals surface area contributed by atoms with Crippen molar-refractivity contribution in [2.24, 2.45) is 4.99 Å². The summed E-state index contributed by atoms with van der Waals surface area (Å²) < 4.78 is 35.2. The lowest BCUT2D eigenvalue weighted by Crippen LogP contribution is -2.31. The molecule has 4 rings (SSSR count). The predicted octanol–water partition coefficient (Wildman–Crippen LogP) is 2.90. The van der Waals surface area contributed by atoms with Gasteiger partial charge in [-0.3, -0.25) is 10.3 Å². The molecule has 2 aromatic rings. The van der Waals surface area contributed by atoms with E-state index in [1.165, 1.54) is 12.1 Å². The van der Waals surface area contributed by atoms with E-state index in [9.17, 15) is 13.6 Å². The Morgan fingerprint density at radius 3 is 2.76 bits per heavy atom. The zero-order chi connectivity index (χ0) is 20.2. The third-order valence-electron chi connectivity index (χ3n) is 5.13. The lowest BCUT2D eigenvalue weighted by atomic mass is 10.0. The van der Waals surface area contributed by atoms with Crippen LogP contribution in [0.3, 0.4) is 0 Å². The molecule has 2 aliphatic rings. The van der Waals surface area contributed by atoms with Gasteiger partial charge in [-0.2, -0.15) is 0 Å². The summed E-state index contributed by atoms with van der Waals surface area (Å²) in [6.07, 6.45) is 7.82. The van der Waals surface area contributed by atoms with Crippen LogP contribution in [0.1, 0.15) is 30.9 Å². The van der Waals surface area contributed by atoms with E-state index in [-0.39, 0.29) is 12.1 Å². The number of hydrogen-bond donors (Lipinski definition) is 1. The molecule has 0 radical (unpaired) electrons. The highest BCUT2D eigenvalue weighted by Gasteiger charge is 2.38. The summed E-state index contributed by atoms with van der Waals surface area (Å²) in [4.78, 5) is 22.7. The Balaban J connectivity index is 1.55. The van der Waals surface area contributed by atoms with Gasteiger partial charge in [-0.1, -0.05) is 0 Å². The molecule has 2 aliphatic heterocycles. The van der Waals surface area contributed by atoms with Crippen molar-refractivity contribution in [3.63, 3.8) is 0 Å². The topological polar surface area (TPSA) is 71.8 Å². The van der Waals surface area contributed by atoms with Gasteiger partial charge in [0, 0.05) is 38.2 Å². The third kappa shape index (κ3) is 4.61. The molecule has 3 heterocycles. The molecule has 0 saturated carbocycles. The standard InChI is InChI=1S/C20H23F2N5O2/c21-15-9-14(10-16(22)11-15)18-19(24-12-17-3-1-8-29-17)25-20(28)27(18)6-2-5-26-7-4-23-13-26/h4,7,9-11,13,17-18H,1-3,5-6,8,12H2,(H,24,25,28). The van der Waals surface area contributed by atoms with Gasteiger partial charge in [0.25, 0.3) is 0 Å². The first-order chi connectivity index (χ1) is 14.1. The second kappa shape index (κ2) is 8.69. The van der Waals surface area contributed by atoms with Crippen LogP contribution >= 0.6 is 0 Å². The maximum atomic E-state index is 13.9. The monoisotopic (exact) mass is 403 g/mol. The number of aromatic nitrogens is 2. The fourth-order valence-electron chi connectivity index (χ4n) is 3.77. The fraction of sp³-hybridized carbons (Fsp3) is 0.450. The molecule has 0 spiro atoms. The molecule has 29 heavy (non-hydrogen) atoms. The number of imidazole rings is 1. The van der Waals surface area contributed by atoms with Gasteiger partial charge in [-0.15, -0.1) is 0 Å². The van der Waals surface area contributed by atoms with Crippen molar-refractivity contribution < 1.29 is 18.3 Å². The number of aryl methyl sites for hydroxylation is 1. The zero-order valence-corrected chi connectivity index (χ0v) is 15.9. The number of amidine groups is 1. The molecule has 154 valence electrons. The van der Waals surface area contributed by atoms with Crippen molar-refractivity contribution in [3.05, 3.63) is 54.1 Å². The predicted molar refractivity (Wildman–Crippen MR) is 102 cm³/mol. The fourth-order valence-corrected chi connectivity index (χ4v) is 3.77. The Bertz CT molecular complexity index is 861. The summed E-state index contributed by atoms with van der Waals surface area (Å²) >= 11 is 0. The zero-order valence-electron chi connectivity index (χ0n) is 15.9. The molecular weight excluding hydrogens is 380 g/mol. The third-order valence-corrected chi connectivity index (χ3v) is 5.13. The summed E-state index contributed by atoms with van der Waals surface area (Å²) in [5.41, 5.74) is 0.356. The normalized spacial score (nSPS) is 23.2. The van der Waals surface area contributed by atoms with Crippen molar-refractivity contribution in [2.75, 3.05) is 19.7 Å². The number of halogens is 2. The van der Waals surface area contributed by atoms with Crippen molar-refractivity contribution in [1.82, 2.24) is 19.8 Å². The van der Waals surface area contributed by atoms with E-state index in [0.717, 1.165) is 18.9 Å². The van der Waals surface area contributed by atoms with Crippen LogP contribution in [0.15, 0.2) is 41.9 Å². The number of carbonyl (C=O) groups is 1. The quantitative estimate of drug-likeness (QED) is 0.773. The minimum Gasteiger partial charge on any atom is -0.376 e. The van der Waals surface area contributed by atoms with E-state index in [1.54, 1.807) is 17.4 Å². The Morgan fingerprint density at radius 2 is 2.07 bits per heavy atom. The van der Waals surface area contributed by atoms with E-state index < -0.39 is 17.7 Å². The molecule has 1 aromatic carbocycles. The number of aliphatic imine (C=N–C) groups is 1. The summed E-state index contributed by atoms with van der Waals surface area (Å²) in [7, 11) is 0. The van der Waals surface area contributed by atoms with Crippen LogP contribution in [-0.2, 0) is 11.3 Å². The van der Waals surface area contributed by atoms with Crippen LogP contribution in [0.4, 0.5) is 13.6 Å². The highest BCUT2D eigenvalue weighted by atomic mass is 19.1. The number of carbonyl (C=O) groups excluding carboxylic acids is 1. The molecule has 0 aliphatic carbocycles. The Hall–Kier alpha value is -2.81. The van der Waals surface area contributed by atoms with Crippen LogP contribution in [-0.4, -0.2) is 52.1 Å². The summed E-state index contributed by atoms with van der Waals surface area (Å²) in [6.45, 7) is 2.20. The maximum absolute atomic E-state index is 13.9. The number of benzene rings is 1. The van der Waals surface area contributed by atoms with Crippen LogP contribution < -0.4 is 5.32 Å². The molecule has 2 atom stereocenters. The van der Waals surface area contributed by atoms with Crippen LogP contribution in [0.5, 0.6) is 0 Å². The highest BCUT2D eigenvalue weighted by Crippen LogP contribution is 2.28. The van der Waals surface area contributed by atoms with E-state index in [1.807, 2.05) is 10.8 Å². The molecule has 7 nitrogen and oxygen atoms in total. The number of nitrogens with one attached hydrogen (secondary N) is 1. The van der Waals surface area contributed by atoms with Gasteiger partial charge in [0.15, 0.2) is 0 Å². The largest absolute Gasteiger partial charge is 0.376 e. The Kier molecular flexibility index (Phi) is 5.84. The number of ether oxygens (including phenoxy) is 1. The Labute approximate surface area is 167 Å². The number of hydrogen-bond acceptors (Lipinski definition) is 4. The highest BCUT2D eigenvalue weighted by molar-refractivity contribution is 6.07. The minimum absolute atomic E-state index is 0.0135. The lowest BCUT2D eigenvalue weighted by Gasteiger charge is -2.23. The number of rotatable bonds is 7. The average Bonchev–Trinajstić information content (AvgIpc) is 3.42. The van der Waals surface area contributed by atoms with Crippen molar-refractivity contribution in [2.45, 2.75) is 38.0 Å². The van der Waals surface area contributed by atoms with Crippen molar-refractivity contribution in [1.29, 1.82) is 0 Å². The second-order valence-corrected chi connectivity index (χ2v) is 7.24. The van der Waals surface area contributed by atoms with Crippen LogP contribution in [0.25, 0.3) is 0 Å². The van der Waals surface area contributed by atoms with Crippen molar-refractivity contribution in [3.8, 4) is 0 Å². The second-order valence-electron chi connectivity index (χ2n) is 7.24. The van der Waals surface area contributed by atoms with Crippen LogP contribution in [0.2, 0.25) is 0 Å². The molecule has 9 heteroatoms. The summed E-state index contributed by atoms with van der Waals surface area (Å²) in [5, 5.41) is 2.78. The van der Waals surface area contributed by atoms with Crippen molar-refractivity contribution >= 4 is 11.9 Å². The van der Waals surface area contributed by atoms with Gasteiger partial charge in [-0.25, -0.2) is 18.6 Å². The van der Waals surface area contributed by atoms with Crippen LogP contribution in [0, 0.1) is 11.6 Å². The first-order valence-electron chi connectivity index (χ1n) is 9.75. The van der Waals surface area contributed by atoms with E-state index in [0.29, 0.717) is 44.1 Å². The smallest absolute Gasteiger partial charge is 0.323 e. The molecule has 1 aromatic heterocycles. The first-order valence-corrected chi connectivity index (χ1v) is 9.75.